The highest BCUT2D eigenvalue weighted by Gasteiger charge is 2.31. The number of alkyl halides is 3. The van der Waals surface area contributed by atoms with E-state index in [0.717, 1.165) is 46.7 Å². The zero-order valence-electron chi connectivity index (χ0n) is 38.5. The van der Waals surface area contributed by atoms with Crippen molar-refractivity contribution in [3.8, 4) is 0 Å². The monoisotopic (exact) mass is 1010 g/mol. The molecule has 360 valence electrons. The van der Waals surface area contributed by atoms with E-state index < -0.39 is 69.8 Å². The number of hydrogen-bond acceptors (Lipinski definition) is 8. The van der Waals surface area contributed by atoms with E-state index in [4.69, 9.17) is 66.5 Å². The first-order valence-corrected chi connectivity index (χ1v) is 21.8. The number of hydrogen-bond donors (Lipinski definition) is 6. The van der Waals surface area contributed by atoms with Gasteiger partial charge in [0.15, 0.2) is 5.69 Å². The Morgan fingerprint density at radius 3 is 1.36 bits per heavy atom. The van der Waals surface area contributed by atoms with Gasteiger partial charge in [0.1, 0.15) is 11.6 Å². The van der Waals surface area contributed by atoms with Crippen molar-refractivity contribution in [3.05, 3.63) is 187 Å². The van der Waals surface area contributed by atoms with Gasteiger partial charge < -0.3 is 30.1 Å². The fourth-order valence-electron chi connectivity index (χ4n) is 5.34. The summed E-state index contributed by atoms with van der Waals surface area (Å²) in [5, 5.41) is 66.7. The van der Waals surface area contributed by atoms with Crippen molar-refractivity contribution >= 4 is 120 Å². The van der Waals surface area contributed by atoms with Gasteiger partial charge in [-0.3, -0.25) is 10.1 Å². The third kappa shape index (κ3) is 24.8. The molecule has 6 N–H and O–H groups in total. The van der Waals surface area contributed by atoms with Crippen molar-refractivity contribution in [1.82, 2.24) is 0 Å². The summed E-state index contributed by atoms with van der Waals surface area (Å²) in [5.41, 5.74) is 3.88. The molecule has 0 radical (unpaired) electrons. The number of rotatable bonds is 7. The van der Waals surface area contributed by atoms with Gasteiger partial charge in [-0.25, -0.2) is 13.6 Å². The largest absolute Gasteiger partial charge is 0.447 e. The molecule has 0 spiro atoms. The minimum atomic E-state index is -4.35. The van der Waals surface area contributed by atoms with Crippen LogP contribution >= 0.6 is 34.8 Å². The number of non-ortho nitro benzene ring substituents is 1. The van der Waals surface area contributed by atoms with Crippen LogP contribution in [0.3, 0.4) is 0 Å². The second-order valence-corrected chi connectivity index (χ2v) is 16.5. The quantitative estimate of drug-likeness (QED) is 0.0325. The van der Waals surface area contributed by atoms with Gasteiger partial charge >= 0.3 is 47.7 Å². The fraction of sp³-hybridized carbons (Fsp3) is 0.178. The highest BCUT2D eigenvalue weighted by molar-refractivity contribution is 6.67. The minimum absolute atomic E-state index is 0.00778. The van der Waals surface area contributed by atoms with Gasteiger partial charge in [0.25, 0.3) is 5.69 Å². The first-order valence-electron chi connectivity index (χ1n) is 20.7. The molecule has 6 aromatic rings. The van der Waals surface area contributed by atoms with Crippen LogP contribution in [-0.4, -0.2) is 76.6 Å². The van der Waals surface area contributed by atoms with E-state index in [2.05, 4.69) is 4.85 Å². The predicted molar refractivity (Wildman–Crippen MR) is 277 cm³/mol. The molecule has 69 heavy (non-hydrogen) atoms. The normalized spacial score (nSPS) is 9.91. The molecule has 0 aromatic heterocycles. The molecule has 0 saturated heterocycles. The zero-order valence-corrected chi connectivity index (χ0v) is 40.8. The zero-order chi connectivity index (χ0) is 52.8. The fourth-order valence-corrected chi connectivity index (χ4v) is 6.01. The lowest BCUT2D eigenvalue weighted by Gasteiger charge is -2.10. The smallest absolute Gasteiger partial charge is 0.416 e. The Bertz CT molecular complexity index is 2480. The Balaban J connectivity index is 0.000000415. The van der Waals surface area contributed by atoms with E-state index in [-0.39, 0.29) is 16.6 Å². The van der Waals surface area contributed by atoms with Crippen LogP contribution in [0.25, 0.3) is 4.85 Å². The molecule has 0 aliphatic rings. The van der Waals surface area contributed by atoms with Crippen LogP contribution in [0.5, 0.6) is 0 Å². The maximum atomic E-state index is 12.4. The van der Waals surface area contributed by atoms with Crippen LogP contribution in [0.15, 0.2) is 127 Å². The van der Waals surface area contributed by atoms with Gasteiger partial charge in [-0.1, -0.05) is 147 Å². The van der Waals surface area contributed by atoms with E-state index in [0.29, 0.717) is 31.8 Å². The maximum Gasteiger partial charge on any atom is 0.416 e. The molecule has 0 heterocycles. The summed E-state index contributed by atoms with van der Waals surface area (Å²) in [6.45, 7) is 14.0. The van der Waals surface area contributed by atoms with E-state index in [1.54, 1.807) is 107 Å². The average molecular weight is 1010 g/mol. The lowest BCUT2D eigenvalue weighted by Crippen LogP contribution is -2.27. The van der Waals surface area contributed by atoms with Crippen LogP contribution in [0, 0.1) is 35.2 Å². The number of nitro groups is 1. The molecule has 24 heteroatoms. The minimum Gasteiger partial charge on any atom is -0.447 e. The van der Waals surface area contributed by atoms with E-state index in [9.17, 15) is 37.1 Å². The van der Waals surface area contributed by atoms with Gasteiger partial charge in [0, 0.05) is 33.3 Å². The predicted octanol–water partition coefficient (Wildman–Crippen LogP) is 7.07. The van der Waals surface area contributed by atoms with Gasteiger partial charge in [0.2, 0.25) is 0 Å². The van der Waals surface area contributed by atoms with E-state index >= 15 is 0 Å². The molecular weight excluding hydrogens is 963 g/mol. The summed E-state index contributed by atoms with van der Waals surface area (Å²) < 4.78 is 61.9. The first kappa shape index (κ1) is 61.9. The van der Waals surface area contributed by atoms with Crippen LogP contribution in [0.2, 0.25) is 56.0 Å². The first-order chi connectivity index (χ1) is 32.0. The number of benzene rings is 6. The molecule has 0 bridgehead atoms. The van der Waals surface area contributed by atoms with Gasteiger partial charge in [-0.2, -0.15) is 13.2 Å². The van der Waals surface area contributed by atoms with Gasteiger partial charge in [0.05, 0.1) is 17.1 Å². The maximum absolute atomic E-state index is 12.4. The van der Waals surface area contributed by atoms with Gasteiger partial charge in [-0.05, 0) is 82.8 Å². The van der Waals surface area contributed by atoms with E-state index in [1.807, 2.05) is 12.1 Å². The third-order valence-electron chi connectivity index (χ3n) is 9.04. The third-order valence-corrected chi connectivity index (χ3v) is 9.73. The average Bonchev–Trinajstić information content (AvgIpc) is 3.26. The Hall–Kier alpha value is -5.12. The van der Waals surface area contributed by atoms with Crippen molar-refractivity contribution in [2.75, 3.05) is 0 Å². The van der Waals surface area contributed by atoms with Crippen LogP contribution in [-0.2, 0) is 6.18 Å². The number of nitrogens with zero attached hydrogens (tertiary/aromatic N) is 2. The summed E-state index contributed by atoms with van der Waals surface area (Å²) in [5.74, 6) is -1.33. The van der Waals surface area contributed by atoms with Gasteiger partial charge in [-0.15, -0.1) is 0 Å². The lowest BCUT2D eigenvalue weighted by atomic mass is 9.64. The van der Waals surface area contributed by atoms with E-state index in [1.165, 1.54) is 25.8 Å². The molecule has 0 aliphatic heterocycles. The molecule has 0 saturated carbocycles. The van der Waals surface area contributed by atoms with Crippen molar-refractivity contribution < 1.29 is 57.0 Å². The molecule has 6 aromatic carbocycles. The van der Waals surface area contributed by atoms with Crippen LogP contribution in [0.1, 0.15) is 11.1 Å². The highest BCUT2D eigenvalue weighted by Crippen LogP contribution is 2.29. The molecule has 0 amide bonds. The second kappa shape index (κ2) is 30.5. The number of aryl methyl sites for hydroxylation is 1. The summed E-state index contributed by atoms with van der Waals surface area (Å²) in [6, 6.07) is 31.7. The Labute approximate surface area is 416 Å². The molecule has 0 aliphatic carbocycles. The standard InChI is InChI=1S/C9H10BF3O.C8H8BNO.C7H7BCl2O.C7H8BClO.C7H7BF2O.C7H8BNO3/c1-6-3-7(9(11,12)13)5-8(4-6)10(2)14;1-9(11)7-4-3-5-8(6-7)10-2;1-8(11)5-2-6(9)4-7(10)3-5;1-8(10)6-2-4-7(9)5-3-6;1-8(11)5-2-6(9)4-7(10)3-5;1-8(10)6-3-2-4-7(5-6)9(11)12/h3-5,14H,1-2H3;3-6,11H,1H3;2-4,11H,1H3;2-5,10H,1H3;2-4,11H,1H3;2-5,10H,1H3. The SMILES string of the molecule is CB(O)c1cc(C)cc(C(F)(F)F)c1.CB(O)c1cc(Cl)cc(Cl)c1.CB(O)c1cc(F)cc(F)c1.CB(O)c1ccc(Cl)cc1.CB(O)c1cccc([N+](=O)[O-])c1.[C-]#[N+]c1cccc(B(C)O)c1. The molecule has 0 atom stereocenters. The molecule has 0 fully saturated rings. The van der Waals surface area contributed by atoms with Crippen LogP contribution in [0.4, 0.5) is 33.3 Å². The molecule has 6 rings (SSSR count). The summed E-state index contributed by atoms with van der Waals surface area (Å²) in [7, 11) is 0. The van der Waals surface area contributed by atoms with Crippen molar-refractivity contribution in [2.45, 2.75) is 54.0 Å². The Kier molecular flexibility index (Phi) is 27.3. The molecule has 0 unspecified atom stereocenters. The van der Waals surface area contributed by atoms with Crippen LogP contribution < -0.4 is 32.8 Å². The van der Waals surface area contributed by atoms with Crippen molar-refractivity contribution in [2.24, 2.45) is 0 Å². The lowest BCUT2D eigenvalue weighted by molar-refractivity contribution is -0.384. The summed E-state index contributed by atoms with van der Waals surface area (Å²) >= 11 is 17.0. The highest BCUT2D eigenvalue weighted by atomic mass is 35.5. The second-order valence-electron chi connectivity index (χ2n) is 15.2. The summed E-state index contributed by atoms with van der Waals surface area (Å²) in [4.78, 5) is 13.1. The number of halogens is 8. The topological polar surface area (TPSA) is 169 Å². The molecule has 10 nitrogen and oxygen atoms in total. The van der Waals surface area contributed by atoms with Crippen molar-refractivity contribution in [3.63, 3.8) is 0 Å². The van der Waals surface area contributed by atoms with Crippen molar-refractivity contribution in [1.29, 1.82) is 0 Å². The Morgan fingerprint density at radius 1 is 0.522 bits per heavy atom. The number of nitro benzene ring substituents is 1. The molecular formula is C45H48B6Cl3F5N2O8. The summed E-state index contributed by atoms with van der Waals surface area (Å²) in [6.07, 6.45) is -4.35. The Morgan fingerprint density at radius 2 is 0.942 bits per heavy atom.